The van der Waals surface area contributed by atoms with Crippen LogP contribution >= 0.6 is 15.9 Å². The number of aromatic nitrogens is 1. The SMILES string of the molecule is NCCc1cc(Br)cc2cnoc12. The Morgan fingerprint density at radius 3 is 3.08 bits per heavy atom. The fourth-order valence-corrected chi connectivity index (χ4v) is 1.88. The van der Waals surface area contributed by atoms with Crippen LogP contribution in [0.4, 0.5) is 0 Å². The summed E-state index contributed by atoms with van der Waals surface area (Å²) < 4.78 is 6.16. The number of hydrogen-bond acceptors (Lipinski definition) is 3. The van der Waals surface area contributed by atoms with E-state index in [2.05, 4.69) is 21.1 Å². The van der Waals surface area contributed by atoms with Gasteiger partial charge in [0, 0.05) is 15.4 Å². The van der Waals surface area contributed by atoms with Crippen molar-refractivity contribution >= 4 is 26.9 Å². The molecule has 0 aliphatic rings. The number of nitrogens with two attached hydrogens (primary N) is 1. The molecule has 0 aliphatic carbocycles. The van der Waals surface area contributed by atoms with Gasteiger partial charge in [0.1, 0.15) is 0 Å². The van der Waals surface area contributed by atoms with Gasteiger partial charge < -0.3 is 10.3 Å². The third-order valence-corrected chi connectivity index (χ3v) is 2.37. The van der Waals surface area contributed by atoms with Crippen molar-refractivity contribution in [2.24, 2.45) is 5.73 Å². The van der Waals surface area contributed by atoms with Crippen molar-refractivity contribution in [2.75, 3.05) is 6.54 Å². The molecule has 0 radical (unpaired) electrons. The lowest BCUT2D eigenvalue weighted by Gasteiger charge is -1.99. The normalized spacial score (nSPS) is 10.9. The van der Waals surface area contributed by atoms with Crippen LogP contribution in [-0.4, -0.2) is 11.7 Å². The Balaban J connectivity index is 2.63. The highest BCUT2D eigenvalue weighted by Gasteiger charge is 2.06. The lowest BCUT2D eigenvalue weighted by Crippen LogP contribution is -2.02. The van der Waals surface area contributed by atoms with Crippen molar-refractivity contribution in [3.63, 3.8) is 0 Å². The lowest BCUT2D eigenvalue weighted by molar-refractivity contribution is 0.454. The van der Waals surface area contributed by atoms with Gasteiger partial charge in [0.05, 0.1) is 6.20 Å². The molecule has 0 atom stereocenters. The number of hydrogen-bond donors (Lipinski definition) is 1. The zero-order chi connectivity index (χ0) is 9.26. The second-order valence-electron chi connectivity index (χ2n) is 2.85. The van der Waals surface area contributed by atoms with Crippen molar-refractivity contribution in [3.8, 4) is 0 Å². The van der Waals surface area contributed by atoms with Crippen molar-refractivity contribution in [1.29, 1.82) is 0 Å². The van der Waals surface area contributed by atoms with Crippen molar-refractivity contribution < 1.29 is 4.52 Å². The predicted molar refractivity (Wildman–Crippen MR) is 54.5 cm³/mol. The van der Waals surface area contributed by atoms with Gasteiger partial charge in [0.15, 0.2) is 5.58 Å². The summed E-state index contributed by atoms with van der Waals surface area (Å²) in [5.41, 5.74) is 7.44. The van der Waals surface area contributed by atoms with Crippen LogP contribution in [0.15, 0.2) is 27.3 Å². The average molecular weight is 241 g/mol. The van der Waals surface area contributed by atoms with Gasteiger partial charge in [-0.05, 0) is 25.1 Å². The van der Waals surface area contributed by atoms with E-state index in [0.29, 0.717) is 6.54 Å². The van der Waals surface area contributed by atoms with Crippen LogP contribution in [0.25, 0.3) is 11.0 Å². The van der Waals surface area contributed by atoms with E-state index < -0.39 is 0 Å². The van der Waals surface area contributed by atoms with Gasteiger partial charge in [-0.15, -0.1) is 0 Å². The van der Waals surface area contributed by atoms with Gasteiger partial charge >= 0.3 is 0 Å². The van der Waals surface area contributed by atoms with Crippen molar-refractivity contribution in [3.05, 3.63) is 28.4 Å². The molecule has 0 bridgehead atoms. The van der Waals surface area contributed by atoms with Crippen LogP contribution < -0.4 is 5.73 Å². The molecule has 0 spiro atoms. The van der Waals surface area contributed by atoms with Gasteiger partial charge in [-0.2, -0.15) is 0 Å². The van der Waals surface area contributed by atoms with Crippen LogP contribution in [-0.2, 0) is 6.42 Å². The number of rotatable bonds is 2. The monoisotopic (exact) mass is 240 g/mol. The molecule has 0 fully saturated rings. The number of halogens is 1. The fraction of sp³-hybridized carbons (Fsp3) is 0.222. The highest BCUT2D eigenvalue weighted by atomic mass is 79.9. The van der Waals surface area contributed by atoms with Crippen LogP contribution in [0.1, 0.15) is 5.56 Å². The van der Waals surface area contributed by atoms with Crippen molar-refractivity contribution in [2.45, 2.75) is 6.42 Å². The molecular weight excluding hydrogens is 232 g/mol. The van der Waals surface area contributed by atoms with Gasteiger partial charge in [-0.1, -0.05) is 21.1 Å². The largest absolute Gasteiger partial charge is 0.356 e. The van der Waals surface area contributed by atoms with E-state index in [1.165, 1.54) is 0 Å². The Hall–Kier alpha value is -0.870. The van der Waals surface area contributed by atoms with Crippen LogP contribution in [0.3, 0.4) is 0 Å². The second kappa shape index (κ2) is 3.47. The minimum Gasteiger partial charge on any atom is -0.356 e. The average Bonchev–Trinajstić information content (AvgIpc) is 2.52. The summed E-state index contributed by atoms with van der Waals surface area (Å²) in [6.45, 7) is 0.617. The molecule has 68 valence electrons. The van der Waals surface area contributed by atoms with Gasteiger partial charge in [0.25, 0.3) is 0 Å². The summed E-state index contributed by atoms with van der Waals surface area (Å²) >= 11 is 3.43. The Morgan fingerprint density at radius 1 is 1.46 bits per heavy atom. The minimum absolute atomic E-state index is 0.617. The Morgan fingerprint density at radius 2 is 2.31 bits per heavy atom. The summed E-state index contributed by atoms with van der Waals surface area (Å²) in [7, 11) is 0. The molecule has 2 rings (SSSR count). The molecular formula is C9H9BrN2O. The molecule has 0 saturated heterocycles. The van der Waals surface area contributed by atoms with E-state index in [1.807, 2.05) is 12.1 Å². The molecule has 2 aromatic rings. The summed E-state index contributed by atoms with van der Waals surface area (Å²) in [6, 6.07) is 3.99. The van der Waals surface area contributed by atoms with E-state index in [4.69, 9.17) is 10.3 Å². The quantitative estimate of drug-likeness (QED) is 0.875. The molecule has 1 heterocycles. The standard InChI is InChI=1S/C9H9BrN2O/c10-8-3-6(1-2-11)9-7(4-8)5-12-13-9/h3-5H,1-2,11H2. The molecule has 4 heteroatoms. The molecule has 0 aliphatic heterocycles. The maximum absolute atomic E-state index is 5.49. The molecule has 0 saturated carbocycles. The topological polar surface area (TPSA) is 52.0 Å². The number of benzene rings is 1. The van der Waals surface area contributed by atoms with E-state index in [1.54, 1.807) is 6.20 Å². The summed E-state index contributed by atoms with van der Waals surface area (Å²) in [5, 5.41) is 4.76. The molecule has 1 aromatic carbocycles. The molecule has 2 N–H and O–H groups in total. The van der Waals surface area contributed by atoms with Crippen LogP contribution in [0, 0.1) is 0 Å². The van der Waals surface area contributed by atoms with Crippen LogP contribution in [0.5, 0.6) is 0 Å². The highest BCUT2D eigenvalue weighted by molar-refractivity contribution is 9.10. The fourth-order valence-electron chi connectivity index (χ4n) is 1.36. The van der Waals surface area contributed by atoms with Gasteiger partial charge in [0.2, 0.25) is 0 Å². The van der Waals surface area contributed by atoms with E-state index in [-0.39, 0.29) is 0 Å². The third-order valence-electron chi connectivity index (χ3n) is 1.91. The first-order valence-electron chi connectivity index (χ1n) is 4.04. The molecule has 0 unspecified atom stereocenters. The molecule has 1 aromatic heterocycles. The highest BCUT2D eigenvalue weighted by Crippen LogP contribution is 2.24. The minimum atomic E-state index is 0.617. The maximum atomic E-state index is 5.49. The van der Waals surface area contributed by atoms with E-state index in [9.17, 15) is 0 Å². The van der Waals surface area contributed by atoms with Crippen molar-refractivity contribution in [1.82, 2.24) is 5.16 Å². The number of nitrogens with zero attached hydrogens (tertiary/aromatic N) is 1. The van der Waals surface area contributed by atoms with E-state index >= 15 is 0 Å². The first-order chi connectivity index (χ1) is 6.31. The summed E-state index contributed by atoms with van der Waals surface area (Å²) in [4.78, 5) is 0. The van der Waals surface area contributed by atoms with Gasteiger partial charge in [-0.3, -0.25) is 0 Å². The Bertz CT molecular complexity index is 424. The zero-order valence-corrected chi connectivity index (χ0v) is 8.54. The third kappa shape index (κ3) is 1.59. The molecule has 0 amide bonds. The van der Waals surface area contributed by atoms with Gasteiger partial charge in [-0.25, -0.2) is 0 Å². The first-order valence-corrected chi connectivity index (χ1v) is 4.83. The predicted octanol–water partition coefficient (Wildman–Crippen LogP) is 2.09. The second-order valence-corrected chi connectivity index (χ2v) is 3.76. The van der Waals surface area contributed by atoms with Crippen LogP contribution in [0.2, 0.25) is 0 Å². The van der Waals surface area contributed by atoms with E-state index in [0.717, 1.165) is 27.4 Å². The Kier molecular flexibility index (Phi) is 2.33. The smallest absolute Gasteiger partial charge is 0.170 e. The summed E-state index contributed by atoms with van der Waals surface area (Å²) in [6.07, 6.45) is 2.52. The zero-order valence-electron chi connectivity index (χ0n) is 6.96. The Labute approximate surface area is 84.0 Å². The molecule has 3 nitrogen and oxygen atoms in total. The summed E-state index contributed by atoms with van der Waals surface area (Å²) in [5.74, 6) is 0. The first kappa shape index (κ1) is 8.72. The number of fused-ring (bicyclic) bond motifs is 1. The molecule has 13 heavy (non-hydrogen) atoms. The maximum Gasteiger partial charge on any atom is 0.170 e. The lowest BCUT2D eigenvalue weighted by atomic mass is 10.1.